The number of piperazine rings is 1. The fourth-order valence-corrected chi connectivity index (χ4v) is 17.0. The molecule has 23 heterocycles. The van der Waals surface area contributed by atoms with Gasteiger partial charge in [-0.1, -0.05) is 44.9 Å². The summed E-state index contributed by atoms with van der Waals surface area (Å²) in [5.41, 5.74) is 0. The monoisotopic (exact) mass is 2170 g/mol. The van der Waals surface area contributed by atoms with Gasteiger partial charge in [0.2, 0.25) is 75.5 Å². The summed E-state index contributed by atoms with van der Waals surface area (Å²) >= 11 is 0. The van der Waals surface area contributed by atoms with Crippen LogP contribution in [0.4, 0.5) is 19.2 Å². The predicted molar refractivity (Wildman–Crippen MR) is 575 cm³/mol. The predicted octanol–water partition coefficient (Wildman–Crippen LogP) is 2.07. The first-order chi connectivity index (χ1) is 71.3. The standard InChI is InChI=1S/2C6H11NO.C6H13N.C5H11NO2S.C5H9NO2.2C5H9NO.2C5H11N.C4H10N2.C4H9NO2S.C4H7NO2.C4H7NO.C4H9N.C3H6N2O.2C3H4N2.C3H7NO2S.C3H5NO2.C3H3NO.C3H5NO.C3H7N.C2H5NO2S/c2*8-6-4-2-1-3-5-7-6;1-2-4-6-7-5-3-1;7-9(8)5-3-1-2-4-6-9;7-5-6-3-1-2-4-8-5;2*7-5-3-1-2-4-6-5;2*1-2-4-6-5-3-1;1-2-6-4-3-5-1;6-8(7)4-2-1-3-5-8;6-4-5-2-1-3-7-4;6-4-2-1-3-5-4;1-2-4-5-3-1;6-3-4-1-2-5-3;2*1-2-5-3-4-1;5-7(6)3-1-2-4-7;5-3-4-1-2-6-3;1-2-5-3-4-1;5-3-1-2-4-3;1-2-4-3-1;4-6(5)2-1-3-6/h2*1-5H2,(H,7,8);7H,1-6H2;6H,1-5H2;1-4H2,(H,6,7);2*1-4H2,(H,6,7);2*6H,1-5H2;5-6H,1-4H2;5H,1-4H2;1-3H2,(H,5,6);1-3H2,(H,5,6);5H,1-4H2;1-2H2,(H2,4,5,6);2*1,3H,2H2;4H,1-3H2;1-2H2,(H,4,5);1-3H;1-2H2,(H,4,5);4H,1-3H2;3H,1-2H2. The number of carbonyl (C=O) groups is 10. The molecule has 1 aromatic heterocycles. The Morgan fingerprint density at radius 1 is 0.224 bits per heavy atom. The van der Waals surface area contributed by atoms with Crippen molar-refractivity contribution in [2.75, 3.05) is 246 Å². The molecule has 0 aromatic carbocycles. The first kappa shape index (κ1) is 136. The largest absolute Gasteiger partial charge is 0.452 e. The number of carbonyl (C=O) groups excluding carboxylic acids is 10. The van der Waals surface area contributed by atoms with Crippen molar-refractivity contribution in [3.63, 3.8) is 0 Å². The summed E-state index contributed by atoms with van der Waals surface area (Å²) in [5.74, 6) is 2.52. The van der Waals surface area contributed by atoms with Crippen LogP contribution in [0.15, 0.2) is 43.2 Å². The molecule has 0 atom stereocenters. The summed E-state index contributed by atoms with van der Waals surface area (Å²) < 4.78 is 111. The highest BCUT2D eigenvalue weighted by atomic mass is 32.2. The van der Waals surface area contributed by atoms with E-state index >= 15 is 0 Å². The summed E-state index contributed by atoms with van der Waals surface area (Å²) in [5, 5.41) is 51.7. The van der Waals surface area contributed by atoms with E-state index in [0.717, 1.165) is 259 Å². The second-order valence-corrected chi connectivity index (χ2v) is 42.7. The number of rotatable bonds is 0. The molecule has 1 aromatic rings. The van der Waals surface area contributed by atoms with Gasteiger partial charge in [-0.05, 0) is 232 Å². The van der Waals surface area contributed by atoms with Crippen LogP contribution < -0.4 is 115 Å². The maximum atomic E-state index is 10.8. The Bertz CT molecular complexity index is 3640. The maximum absolute atomic E-state index is 10.8. The van der Waals surface area contributed by atoms with E-state index in [4.69, 9.17) is 0 Å². The molecule has 0 saturated carbocycles. The number of aliphatic imine (C=N–C) groups is 4. The van der Waals surface area contributed by atoms with Crippen LogP contribution in [0.2, 0.25) is 0 Å². The Hall–Kier alpha value is -8.85. The van der Waals surface area contributed by atoms with Gasteiger partial charge in [0.05, 0.1) is 62.1 Å². The van der Waals surface area contributed by atoms with E-state index in [1.807, 2.05) is 0 Å². The number of amides is 11. The van der Waals surface area contributed by atoms with E-state index in [1.165, 1.54) is 174 Å². The van der Waals surface area contributed by atoms with Crippen molar-refractivity contribution in [3.8, 4) is 0 Å². The zero-order chi connectivity index (χ0) is 107. The van der Waals surface area contributed by atoms with Gasteiger partial charge in [-0.3, -0.25) is 38.8 Å². The fourth-order valence-electron chi connectivity index (χ4n) is 13.0. The molecule has 850 valence electrons. The van der Waals surface area contributed by atoms with Gasteiger partial charge in [0, 0.05) is 169 Å². The molecule has 22 aliphatic rings. The van der Waals surface area contributed by atoms with Crippen molar-refractivity contribution in [1.82, 2.24) is 120 Å². The summed E-state index contributed by atoms with van der Waals surface area (Å²) in [6.45, 7) is 31.9. The Morgan fingerprint density at radius 3 is 0.748 bits per heavy atom. The van der Waals surface area contributed by atoms with Crippen molar-refractivity contribution in [3.05, 3.63) is 18.9 Å². The Kier molecular flexibility index (Phi) is 91.8. The number of aromatic nitrogens is 1. The number of sulfonamides is 4. The number of oxazole rings is 1. The Balaban J connectivity index is 0.000000770. The van der Waals surface area contributed by atoms with Crippen molar-refractivity contribution >= 4 is 125 Å². The number of ether oxygens (including phenoxy) is 3. The first-order valence-corrected chi connectivity index (χ1v) is 59.9. The zero-order valence-corrected chi connectivity index (χ0v) is 90.6. The molecule has 0 radical (unpaired) electrons. The van der Waals surface area contributed by atoms with E-state index in [-0.39, 0.29) is 59.8 Å². The number of nitrogens with one attached hydrogen (secondary N) is 22. The first-order valence-electron chi connectivity index (χ1n) is 53.3. The van der Waals surface area contributed by atoms with Crippen LogP contribution in [0.1, 0.15) is 250 Å². The molecule has 0 unspecified atom stereocenters. The van der Waals surface area contributed by atoms with Gasteiger partial charge in [-0.15, -0.1) is 0 Å². The van der Waals surface area contributed by atoms with Crippen LogP contribution in [0, 0.1) is 0 Å². The average molecular weight is 2170 g/mol. The van der Waals surface area contributed by atoms with E-state index in [2.05, 4.69) is 158 Å². The number of urea groups is 1. The van der Waals surface area contributed by atoms with E-state index in [1.54, 1.807) is 31.3 Å². The van der Waals surface area contributed by atoms with Gasteiger partial charge < -0.3 is 114 Å². The SMILES string of the molecule is C1=NC=NC1.C1=NC=NC1.C1CCCNCC1.C1CCNC1.C1CCNCC1.C1CCNCC1.C1CNC1.C1CNCCN1.O=C1CCCCCN1.O=C1CCCCCN1.O=C1CCCCN1.O=C1CCCCN1.O=C1CCCN1.O=C1CCN1.O=C1NCCCCO1.O=C1NCCCO1.O=C1NCCN1.O=C1NCCO1.O=S1(=O)CCCCCN1.O=S1(=O)CCCCN1.O=S1(=O)CCCN1.O=S1(=O)CCN1.c1cocn1. The van der Waals surface area contributed by atoms with Gasteiger partial charge in [-0.25, -0.2) is 86.7 Å². The highest BCUT2D eigenvalue weighted by Crippen LogP contribution is 2.08. The highest BCUT2D eigenvalue weighted by molar-refractivity contribution is 7.91. The molecule has 22 N–H and O–H groups in total. The molecule has 11 amide bonds. The highest BCUT2D eigenvalue weighted by Gasteiger charge is 2.20. The van der Waals surface area contributed by atoms with Gasteiger partial charge in [0.15, 0.2) is 6.39 Å². The van der Waals surface area contributed by atoms with Crippen molar-refractivity contribution in [2.24, 2.45) is 20.0 Å². The number of alkyl carbamates (subject to hydrolysis) is 3. The van der Waals surface area contributed by atoms with Crippen LogP contribution in [-0.4, -0.2) is 369 Å². The number of nitrogens with zero attached hydrogens (tertiary/aromatic N) is 5. The lowest BCUT2D eigenvalue weighted by Crippen LogP contribution is -2.42. The zero-order valence-electron chi connectivity index (χ0n) is 87.3. The number of piperidine rings is 4. The third-order valence-electron chi connectivity index (χ3n) is 21.8. The second kappa shape index (κ2) is 99.1. The van der Waals surface area contributed by atoms with Crippen LogP contribution >= 0.6 is 0 Å². The molecule has 23 rings (SSSR count). The lowest BCUT2D eigenvalue weighted by molar-refractivity contribution is -0.125. The van der Waals surface area contributed by atoms with Gasteiger partial charge in [0.1, 0.15) is 25.5 Å². The van der Waals surface area contributed by atoms with Crippen molar-refractivity contribution in [1.29, 1.82) is 0 Å². The van der Waals surface area contributed by atoms with E-state index in [9.17, 15) is 81.6 Å². The minimum absolute atomic E-state index is 0.0463. The molecule has 147 heavy (non-hydrogen) atoms. The van der Waals surface area contributed by atoms with Crippen molar-refractivity contribution < 1.29 is 100 Å². The normalized spacial score (nSPS) is 22.3. The fraction of sp³-hybridized carbons (Fsp3) is 0.819. The molecule has 0 spiro atoms. The molecular formula is C94H183N27O22S4. The number of cyclic esters (lactones) is 3. The molecule has 20 fully saturated rings. The summed E-state index contributed by atoms with van der Waals surface area (Å²) in [6, 6.07) is -0.0463. The smallest absolute Gasteiger partial charge is 0.407 e. The lowest BCUT2D eigenvalue weighted by atomic mass is 10.2. The molecule has 53 heteroatoms. The molecule has 0 bridgehead atoms. The number of hydrogen-bond donors (Lipinski definition) is 22. The summed E-state index contributed by atoms with van der Waals surface area (Å²) in [7, 11) is -11.2. The molecule has 22 aliphatic heterocycles. The number of hydrogen-bond acceptors (Lipinski definition) is 34. The van der Waals surface area contributed by atoms with Gasteiger partial charge in [-0.2, -0.15) is 0 Å². The quantitative estimate of drug-likeness (QED) is 0.131. The summed E-state index contributed by atoms with van der Waals surface area (Å²) in [6.07, 6.45) is 53.7. The van der Waals surface area contributed by atoms with Crippen LogP contribution in [0.5, 0.6) is 0 Å². The minimum Gasteiger partial charge on any atom is -0.452 e. The minimum atomic E-state index is -2.87. The topological polar surface area (TPSA) is 675 Å². The third kappa shape index (κ3) is 103. The third-order valence-corrected chi connectivity index (χ3v) is 27.6. The van der Waals surface area contributed by atoms with Crippen LogP contribution in [0.3, 0.4) is 0 Å². The molecule has 49 nitrogen and oxygen atoms in total. The van der Waals surface area contributed by atoms with Crippen LogP contribution in [-0.2, 0) is 83.1 Å². The lowest BCUT2D eigenvalue weighted by Gasteiger charge is -2.12. The molecular weight excluding hydrogens is 1990 g/mol. The molecule has 20 saturated heterocycles. The maximum Gasteiger partial charge on any atom is 0.407 e. The van der Waals surface area contributed by atoms with E-state index < -0.39 is 40.1 Å². The second-order valence-electron chi connectivity index (χ2n) is 35.0. The Labute approximate surface area is 874 Å². The van der Waals surface area contributed by atoms with Gasteiger partial charge in [0.25, 0.3) is 0 Å². The summed E-state index contributed by atoms with van der Waals surface area (Å²) in [4.78, 5) is 121. The molecule has 0 aliphatic carbocycles. The number of β-lactam (4-membered cyclic amide) rings is 1. The van der Waals surface area contributed by atoms with Crippen molar-refractivity contribution in [2.45, 2.75) is 250 Å². The average Bonchev–Trinajstić information content (AvgIpc) is 1.70. The van der Waals surface area contributed by atoms with E-state index in [0.29, 0.717) is 75.6 Å². The van der Waals surface area contributed by atoms with Gasteiger partial charge >= 0.3 is 24.3 Å². The van der Waals surface area contributed by atoms with Crippen LogP contribution in [0.25, 0.3) is 0 Å². The Morgan fingerprint density at radius 2 is 0.497 bits per heavy atom.